The number of nitrogens with zero attached hydrogens (tertiary/aromatic N) is 2. The highest BCUT2D eigenvalue weighted by atomic mass is 32.2. The summed E-state index contributed by atoms with van der Waals surface area (Å²) in [5, 5.41) is 13.6. The largest absolute Gasteiger partial charge is 0.510 e. The Balaban J connectivity index is 1.95. The predicted octanol–water partition coefficient (Wildman–Crippen LogP) is 2.12. The van der Waals surface area contributed by atoms with Gasteiger partial charge in [0.15, 0.2) is 0 Å². The monoisotopic (exact) mass is 431 g/mol. The lowest BCUT2D eigenvalue weighted by atomic mass is 9.93. The number of methoxy groups -OCH3 is 2. The molecule has 2 N–H and O–H groups in total. The Bertz CT molecular complexity index is 1040. The Morgan fingerprint density at radius 3 is 2.53 bits per heavy atom. The zero-order valence-electron chi connectivity index (χ0n) is 17.1. The van der Waals surface area contributed by atoms with Gasteiger partial charge in [0.2, 0.25) is 0 Å². The second kappa shape index (κ2) is 8.23. The summed E-state index contributed by atoms with van der Waals surface area (Å²) >= 11 is 1.03. The molecule has 0 bridgehead atoms. The number of dihydropyridines is 1. The van der Waals surface area contributed by atoms with E-state index >= 15 is 0 Å². The van der Waals surface area contributed by atoms with Crippen LogP contribution >= 0.6 is 11.8 Å². The van der Waals surface area contributed by atoms with Crippen LogP contribution in [-0.2, 0) is 14.4 Å². The quantitative estimate of drug-likeness (QED) is 0.686. The first-order valence-corrected chi connectivity index (χ1v) is 9.70. The second-order valence-corrected chi connectivity index (χ2v) is 7.81. The van der Waals surface area contributed by atoms with Gasteiger partial charge in [-0.1, -0.05) is 11.8 Å². The fourth-order valence-corrected chi connectivity index (χ4v) is 4.39. The number of allylic oxidation sites excluding steroid dienone is 1. The van der Waals surface area contributed by atoms with Crippen LogP contribution < -0.4 is 14.8 Å². The number of hydrogen-bond donors (Lipinski definition) is 2. The number of fused-ring (bicyclic) bond motifs is 1. The first-order valence-electron chi connectivity index (χ1n) is 8.89. The van der Waals surface area contributed by atoms with Gasteiger partial charge in [0.25, 0.3) is 17.7 Å². The highest BCUT2D eigenvalue weighted by molar-refractivity contribution is 8.18. The number of aliphatic hydroxyl groups is 1. The smallest absolute Gasteiger partial charge is 0.286 e. The topological polar surface area (TPSA) is 118 Å². The summed E-state index contributed by atoms with van der Waals surface area (Å²) in [5.41, 5.74) is 0.359. The van der Waals surface area contributed by atoms with Crippen LogP contribution in [0.1, 0.15) is 6.92 Å². The summed E-state index contributed by atoms with van der Waals surface area (Å²) in [4.78, 5) is 43.4. The van der Waals surface area contributed by atoms with Crippen molar-refractivity contribution in [2.24, 2.45) is 10.9 Å². The van der Waals surface area contributed by atoms with Gasteiger partial charge < -0.3 is 24.8 Å². The van der Waals surface area contributed by atoms with Crippen molar-refractivity contribution in [1.29, 1.82) is 0 Å². The Kier molecular flexibility index (Phi) is 5.88. The molecule has 2 aliphatic heterocycles. The number of benzene rings is 1. The SMILES string of the molecule is COc1ccc(NC(=O)C2=C(O)C3C(=NC2=O)SC(C(=O)N(C)C)=C3C)c(OC)c1. The van der Waals surface area contributed by atoms with E-state index < -0.39 is 29.1 Å². The van der Waals surface area contributed by atoms with E-state index in [0.717, 1.165) is 11.8 Å². The molecule has 9 nitrogen and oxygen atoms in total. The van der Waals surface area contributed by atoms with Crippen molar-refractivity contribution in [3.05, 3.63) is 40.0 Å². The number of nitrogens with one attached hydrogen (secondary N) is 1. The highest BCUT2D eigenvalue weighted by Crippen LogP contribution is 2.44. The summed E-state index contributed by atoms with van der Waals surface area (Å²) in [6, 6.07) is 4.74. The van der Waals surface area contributed by atoms with E-state index in [-0.39, 0.29) is 11.0 Å². The molecule has 10 heteroatoms. The maximum absolute atomic E-state index is 12.8. The molecular formula is C20H21N3O6S. The molecule has 0 spiro atoms. The Labute approximate surface area is 177 Å². The average molecular weight is 431 g/mol. The van der Waals surface area contributed by atoms with E-state index in [9.17, 15) is 19.5 Å². The van der Waals surface area contributed by atoms with Crippen LogP contribution in [0.2, 0.25) is 0 Å². The van der Waals surface area contributed by atoms with Crippen molar-refractivity contribution in [2.45, 2.75) is 6.92 Å². The summed E-state index contributed by atoms with van der Waals surface area (Å²) in [7, 11) is 6.14. The second-order valence-electron chi connectivity index (χ2n) is 6.78. The molecular weight excluding hydrogens is 410 g/mol. The van der Waals surface area contributed by atoms with Crippen molar-refractivity contribution in [3.63, 3.8) is 0 Å². The van der Waals surface area contributed by atoms with Gasteiger partial charge in [-0.25, -0.2) is 4.99 Å². The zero-order chi connectivity index (χ0) is 22.2. The first-order chi connectivity index (χ1) is 14.2. The number of rotatable bonds is 5. The van der Waals surface area contributed by atoms with E-state index in [1.165, 1.54) is 19.1 Å². The van der Waals surface area contributed by atoms with Gasteiger partial charge >= 0.3 is 0 Å². The molecule has 3 rings (SSSR count). The summed E-state index contributed by atoms with van der Waals surface area (Å²) in [5.74, 6) is -2.34. The minimum atomic E-state index is -0.873. The van der Waals surface area contributed by atoms with E-state index in [1.54, 1.807) is 39.2 Å². The maximum Gasteiger partial charge on any atom is 0.286 e. The van der Waals surface area contributed by atoms with Gasteiger partial charge in [0.05, 0.1) is 35.8 Å². The molecule has 0 fully saturated rings. The van der Waals surface area contributed by atoms with Crippen molar-refractivity contribution in [1.82, 2.24) is 4.90 Å². The number of likely N-dealkylation sites (N-methyl/N-ethyl adjacent to an activating group) is 1. The molecule has 2 heterocycles. The number of carbonyl (C=O) groups is 3. The number of hydrogen-bond acceptors (Lipinski definition) is 7. The molecule has 30 heavy (non-hydrogen) atoms. The zero-order valence-corrected chi connectivity index (χ0v) is 17.9. The molecule has 0 saturated carbocycles. The molecule has 1 atom stereocenters. The lowest BCUT2D eigenvalue weighted by molar-refractivity contribution is -0.124. The van der Waals surface area contributed by atoms with E-state index in [4.69, 9.17) is 9.47 Å². The van der Waals surface area contributed by atoms with Crippen LogP contribution in [0.5, 0.6) is 11.5 Å². The number of thioether (sulfide) groups is 1. The minimum Gasteiger partial charge on any atom is -0.510 e. The maximum atomic E-state index is 12.8. The normalized spacial score (nSPS) is 18.1. The van der Waals surface area contributed by atoms with Crippen molar-refractivity contribution < 1.29 is 29.0 Å². The van der Waals surface area contributed by atoms with Crippen molar-refractivity contribution in [3.8, 4) is 11.5 Å². The number of anilines is 1. The van der Waals surface area contributed by atoms with Gasteiger partial charge in [0.1, 0.15) is 22.8 Å². The molecule has 2 aliphatic rings. The van der Waals surface area contributed by atoms with Gasteiger partial charge in [-0.15, -0.1) is 0 Å². The van der Waals surface area contributed by atoms with Gasteiger partial charge in [-0.2, -0.15) is 0 Å². The molecule has 1 unspecified atom stereocenters. The highest BCUT2D eigenvalue weighted by Gasteiger charge is 2.43. The van der Waals surface area contributed by atoms with Crippen LogP contribution in [-0.4, -0.2) is 61.1 Å². The predicted molar refractivity (Wildman–Crippen MR) is 113 cm³/mol. The lowest BCUT2D eigenvalue weighted by Crippen LogP contribution is -2.29. The first kappa shape index (κ1) is 21.4. The molecule has 0 aliphatic carbocycles. The minimum absolute atomic E-state index is 0.260. The molecule has 3 amide bonds. The summed E-state index contributed by atoms with van der Waals surface area (Å²) < 4.78 is 10.4. The summed E-state index contributed by atoms with van der Waals surface area (Å²) in [6.07, 6.45) is 0. The Hall–Kier alpha value is -3.27. The molecule has 0 radical (unpaired) electrons. The molecule has 1 aromatic rings. The third kappa shape index (κ3) is 3.65. The molecule has 158 valence electrons. The Morgan fingerprint density at radius 1 is 1.23 bits per heavy atom. The number of ether oxygens (including phenoxy) is 2. The van der Waals surface area contributed by atoms with Gasteiger partial charge in [0, 0.05) is 20.2 Å². The van der Waals surface area contributed by atoms with Crippen LogP contribution in [0.4, 0.5) is 5.69 Å². The summed E-state index contributed by atoms with van der Waals surface area (Å²) in [6.45, 7) is 1.67. The van der Waals surface area contributed by atoms with E-state index in [2.05, 4.69) is 10.3 Å². The molecule has 1 aromatic carbocycles. The van der Waals surface area contributed by atoms with E-state index in [0.29, 0.717) is 27.7 Å². The third-order valence-corrected chi connectivity index (χ3v) is 5.92. The Morgan fingerprint density at radius 2 is 1.93 bits per heavy atom. The average Bonchev–Trinajstić information content (AvgIpc) is 3.03. The van der Waals surface area contributed by atoms with Crippen LogP contribution in [0, 0.1) is 5.92 Å². The lowest BCUT2D eigenvalue weighted by Gasteiger charge is -2.20. The van der Waals surface area contributed by atoms with Crippen LogP contribution in [0.15, 0.2) is 45.0 Å². The number of aliphatic hydroxyl groups excluding tert-OH is 1. The number of aliphatic imine (C=N–C) groups is 1. The number of carbonyl (C=O) groups excluding carboxylic acids is 3. The van der Waals surface area contributed by atoms with Crippen molar-refractivity contribution >= 4 is 40.2 Å². The van der Waals surface area contributed by atoms with Crippen LogP contribution in [0.25, 0.3) is 0 Å². The van der Waals surface area contributed by atoms with Crippen molar-refractivity contribution in [2.75, 3.05) is 33.6 Å². The van der Waals surface area contributed by atoms with E-state index in [1.807, 2.05) is 0 Å². The van der Waals surface area contributed by atoms with Gasteiger partial charge in [-0.05, 0) is 24.6 Å². The standard InChI is InChI=1S/C20H21N3O6S/c1-9-13-15(24)14(18(26)22-19(13)30-16(9)20(27)23(2)3)17(25)21-11-7-6-10(28-4)8-12(11)29-5/h6-8,13,24H,1-5H3,(H,21,25). The third-order valence-electron chi connectivity index (χ3n) is 4.68. The number of amides is 3. The molecule has 0 aromatic heterocycles. The van der Waals surface area contributed by atoms with Gasteiger partial charge in [-0.3, -0.25) is 14.4 Å². The molecule has 0 saturated heterocycles. The fourth-order valence-electron chi connectivity index (χ4n) is 3.10. The van der Waals surface area contributed by atoms with Crippen LogP contribution in [0.3, 0.4) is 0 Å². The fraction of sp³-hybridized carbons (Fsp3) is 0.300.